The number of rotatable bonds is 4. The number of halogens is 2. The number of aromatic nitrogens is 2. The van der Waals surface area contributed by atoms with E-state index in [0.29, 0.717) is 34.5 Å². The van der Waals surface area contributed by atoms with E-state index in [9.17, 15) is 9.59 Å². The van der Waals surface area contributed by atoms with Gasteiger partial charge in [-0.25, -0.2) is 4.98 Å². The third-order valence-corrected chi connectivity index (χ3v) is 5.94. The van der Waals surface area contributed by atoms with Gasteiger partial charge in [0.1, 0.15) is 5.82 Å². The van der Waals surface area contributed by atoms with Crippen molar-refractivity contribution in [2.24, 2.45) is 0 Å². The Morgan fingerprint density at radius 1 is 1.14 bits per heavy atom. The second kappa shape index (κ2) is 8.12. The molecular formula is C21H18Br2N4O2. The SMILES string of the molecule is C[C@H](NC(=O)c1ccc(C(=O)N2CC=CC2)c(Br)c1)c1nc2cc(Br)ccc2[nH]1. The van der Waals surface area contributed by atoms with Crippen LogP contribution >= 0.6 is 31.9 Å². The Morgan fingerprint density at radius 2 is 1.90 bits per heavy atom. The number of hydrogen-bond acceptors (Lipinski definition) is 3. The molecule has 3 aromatic rings. The van der Waals surface area contributed by atoms with E-state index in [1.165, 1.54) is 0 Å². The number of carbonyl (C=O) groups is 2. The number of nitrogens with one attached hydrogen (secondary N) is 2. The van der Waals surface area contributed by atoms with Crippen molar-refractivity contribution in [1.82, 2.24) is 20.2 Å². The van der Waals surface area contributed by atoms with Crippen LogP contribution < -0.4 is 5.32 Å². The van der Waals surface area contributed by atoms with E-state index < -0.39 is 0 Å². The number of nitrogens with zero attached hydrogens (tertiary/aromatic N) is 2. The number of hydrogen-bond donors (Lipinski definition) is 2. The predicted molar refractivity (Wildman–Crippen MR) is 119 cm³/mol. The normalized spacial score (nSPS) is 14.4. The molecule has 0 spiro atoms. The molecule has 0 aliphatic carbocycles. The number of amides is 2. The van der Waals surface area contributed by atoms with Crippen molar-refractivity contribution < 1.29 is 9.59 Å². The molecule has 148 valence electrons. The average molecular weight is 518 g/mol. The first-order valence-corrected chi connectivity index (χ1v) is 10.7. The number of imidazole rings is 1. The third kappa shape index (κ3) is 4.13. The largest absolute Gasteiger partial charge is 0.342 e. The number of aromatic amines is 1. The quantitative estimate of drug-likeness (QED) is 0.497. The zero-order chi connectivity index (χ0) is 20.5. The van der Waals surface area contributed by atoms with Crippen LogP contribution in [0.5, 0.6) is 0 Å². The molecule has 2 heterocycles. The summed E-state index contributed by atoms with van der Waals surface area (Å²) < 4.78 is 1.55. The summed E-state index contributed by atoms with van der Waals surface area (Å²) in [5.41, 5.74) is 2.75. The van der Waals surface area contributed by atoms with Gasteiger partial charge in [-0.2, -0.15) is 0 Å². The number of benzene rings is 2. The second-order valence-electron chi connectivity index (χ2n) is 6.85. The van der Waals surface area contributed by atoms with E-state index in [0.717, 1.165) is 15.5 Å². The van der Waals surface area contributed by atoms with Gasteiger partial charge in [0.15, 0.2) is 0 Å². The fourth-order valence-corrected chi connectivity index (χ4v) is 4.09. The number of carbonyl (C=O) groups excluding carboxylic acids is 2. The zero-order valence-corrected chi connectivity index (χ0v) is 18.7. The fourth-order valence-electron chi connectivity index (χ4n) is 3.20. The minimum Gasteiger partial charge on any atom is -0.342 e. The Kier molecular flexibility index (Phi) is 5.56. The molecule has 6 nitrogen and oxygen atoms in total. The molecule has 4 rings (SSSR count). The molecule has 2 amide bonds. The van der Waals surface area contributed by atoms with Crippen molar-refractivity contribution in [2.45, 2.75) is 13.0 Å². The lowest BCUT2D eigenvalue weighted by Crippen LogP contribution is -2.29. The molecule has 1 aromatic heterocycles. The summed E-state index contributed by atoms with van der Waals surface area (Å²) in [5, 5.41) is 2.95. The van der Waals surface area contributed by atoms with Crippen LogP contribution in [-0.4, -0.2) is 39.8 Å². The monoisotopic (exact) mass is 516 g/mol. The van der Waals surface area contributed by atoms with Crippen LogP contribution in [0.1, 0.15) is 39.5 Å². The van der Waals surface area contributed by atoms with Crippen LogP contribution in [0.15, 0.2) is 57.5 Å². The van der Waals surface area contributed by atoms with Crippen LogP contribution in [-0.2, 0) is 0 Å². The molecule has 0 saturated carbocycles. The molecule has 0 saturated heterocycles. The molecule has 0 unspecified atom stereocenters. The molecule has 0 radical (unpaired) electrons. The maximum Gasteiger partial charge on any atom is 0.255 e. The van der Waals surface area contributed by atoms with Gasteiger partial charge in [-0.15, -0.1) is 0 Å². The molecule has 1 aliphatic heterocycles. The van der Waals surface area contributed by atoms with Gasteiger partial charge in [0.25, 0.3) is 11.8 Å². The summed E-state index contributed by atoms with van der Waals surface area (Å²) in [4.78, 5) is 34.8. The number of fused-ring (bicyclic) bond motifs is 1. The summed E-state index contributed by atoms with van der Waals surface area (Å²) in [6.07, 6.45) is 3.93. The Balaban J connectivity index is 1.48. The van der Waals surface area contributed by atoms with Gasteiger partial charge >= 0.3 is 0 Å². The first kappa shape index (κ1) is 19.8. The van der Waals surface area contributed by atoms with E-state index in [-0.39, 0.29) is 17.9 Å². The maximum absolute atomic E-state index is 12.7. The maximum atomic E-state index is 12.7. The van der Waals surface area contributed by atoms with Gasteiger partial charge in [-0.1, -0.05) is 28.1 Å². The molecule has 2 N–H and O–H groups in total. The van der Waals surface area contributed by atoms with Crippen LogP contribution in [0, 0.1) is 0 Å². The molecule has 1 aliphatic rings. The smallest absolute Gasteiger partial charge is 0.255 e. The summed E-state index contributed by atoms with van der Waals surface area (Å²) in [6, 6.07) is 10.5. The van der Waals surface area contributed by atoms with Crippen LogP contribution in [0.4, 0.5) is 0 Å². The molecule has 0 bridgehead atoms. The van der Waals surface area contributed by atoms with Gasteiger partial charge in [0.05, 0.1) is 22.6 Å². The van der Waals surface area contributed by atoms with Gasteiger partial charge in [0.2, 0.25) is 0 Å². The molecule has 8 heteroatoms. The highest BCUT2D eigenvalue weighted by Crippen LogP contribution is 2.23. The minimum atomic E-state index is -0.301. The van der Waals surface area contributed by atoms with E-state index in [2.05, 4.69) is 47.1 Å². The Morgan fingerprint density at radius 3 is 2.62 bits per heavy atom. The molecule has 0 fully saturated rings. The van der Waals surface area contributed by atoms with Crippen molar-refractivity contribution in [3.63, 3.8) is 0 Å². The first-order chi connectivity index (χ1) is 13.9. The van der Waals surface area contributed by atoms with Crippen LogP contribution in [0.2, 0.25) is 0 Å². The van der Waals surface area contributed by atoms with Crippen molar-refractivity contribution in [3.8, 4) is 0 Å². The summed E-state index contributed by atoms with van der Waals surface area (Å²) in [6.45, 7) is 3.09. The lowest BCUT2D eigenvalue weighted by Gasteiger charge is -2.17. The topological polar surface area (TPSA) is 78.1 Å². The highest BCUT2D eigenvalue weighted by Gasteiger charge is 2.21. The van der Waals surface area contributed by atoms with Crippen LogP contribution in [0.25, 0.3) is 11.0 Å². The second-order valence-corrected chi connectivity index (χ2v) is 8.62. The summed E-state index contributed by atoms with van der Waals surface area (Å²) in [7, 11) is 0. The minimum absolute atomic E-state index is 0.0596. The zero-order valence-electron chi connectivity index (χ0n) is 15.6. The average Bonchev–Trinajstić information content (AvgIpc) is 3.36. The standard InChI is InChI=1S/C21H18Br2N4O2/c1-12(19-25-17-7-5-14(22)11-18(17)26-19)24-20(28)13-4-6-15(16(23)10-13)21(29)27-8-2-3-9-27/h2-7,10-12H,8-9H2,1H3,(H,24,28)(H,25,26)/t12-/m0/s1. The van der Waals surface area contributed by atoms with Crippen LogP contribution in [0.3, 0.4) is 0 Å². The summed E-state index contributed by atoms with van der Waals surface area (Å²) in [5.74, 6) is 0.385. The number of H-pyrrole nitrogens is 1. The first-order valence-electron chi connectivity index (χ1n) is 9.12. The molecular weight excluding hydrogens is 500 g/mol. The van der Waals surface area contributed by atoms with E-state index in [1.807, 2.05) is 37.3 Å². The van der Waals surface area contributed by atoms with Crippen molar-refractivity contribution in [1.29, 1.82) is 0 Å². The lowest BCUT2D eigenvalue weighted by atomic mass is 10.1. The van der Waals surface area contributed by atoms with Crippen molar-refractivity contribution in [3.05, 3.63) is 74.4 Å². The van der Waals surface area contributed by atoms with Gasteiger partial charge in [-0.05, 0) is 59.3 Å². The molecule has 29 heavy (non-hydrogen) atoms. The lowest BCUT2D eigenvalue weighted by molar-refractivity contribution is 0.0798. The van der Waals surface area contributed by atoms with Gasteiger partial charge < -0.3 is 15.2 Å². The highest BCUT2D eigenvalue weighted by molar-refractivity contribution is 9.10. The highest BCUT2D eigenvalue weighted by atomic mass is 79.9. The van der Waals surface area contributed by atoms with E-state index >= 15 is 0 Å². The van der Waals surface area contributed by atoms with Gasteiger partial charge in [0, 0.05) is 27.6 Å². The van der Waals surface area contributed by atoms with E-state index in [4.69, 9.17) is 0 Å². The Labute approximate surface area is 184 Å². The molecule has 2 aromatic carbocycles. The van der Waals surface area contributed by atoms with Crippen molar-refractivity contribution in [2.75, 3.05) is 13.1 Å². The third-order valence-electron chi connectivity index (χ3n) is 4.79. The fraction of sp³-hybridized carbons (Fsp3) is 0.190. The van der Waals surface area contributed by atoms with E-state index in [1.54, 1.807) is 23.1 Å². The summed E-state index contributed by atoms with van der Waals surface area (Å²) >= 11 is 6.87. The van der Waals surface area contributed by atoms with Crippen molar-refractivity contribution >= 4 is 54.7 Å². The Bertz CT molecular complexity index is 1130. The predicted octanol–water partition coefficient (Wildman–Crippen LogP) is 4.59. The Hall–Kier alpha value is -2.45. The van der Waals surface area contributed by atoms with Gasteiger partial charge in [-0.3, -0.25) is 9.59 Å². The molecule has 1 atom stereocenters.